The maximum atomic E-state index is 14.3. The number of rotatable bonds is 27. The van der Waals surface area contributed by atoms with Crippen molar-refractivity contribution in [1.29, 1.82) is 0 Å². The number of hydrogen-bond acceptors (Lipinski definition) is 17. The molecule has 5 aromatic rings. The molecule has 0 aromatic heterocycles. The van der Waals surface area contributed by atoms with Crippen LogP contribution in [-0.4, -0.2) is 137 Å². The molecule has 2 atom stereocenters. The molecule has 0 aliphatic carbocycles. The molecule has 19 nitrogen and oxygen atoms in total. The minimum Gasteiger partial charge on any atom is -0.493 e. The number of ether oxygens (including phenoxy) is 7. The van der Waals surface area contributed by atoms with E-state index in [1.165, 1.54) is 0 Å². The number of hydrogen-bond donors (Lipinski definition) is 2. The predicted octanol–water partition coefficient (Wildman–Crippen LogP) is 8.53. The molecule has 430 valence electrons. The number of anilines is 4. The van der Waals surface area contributed by atoms with Crippen LogP contribution in [0.4, 0.5) is 28.4 Å². The molecular formula is C61H67N7O12S2. The summed E-state index contributed by atoms with van der Waals surface area (Å²) in [6, 6.07) is 28.9. The third kappa shape index (κ3) is 13.2. The van der Waals surface area contributed by atoms with E-state index in [9.17, 15) is 24.0 Å². The lowest BCUT2D eigenvalue weighted by atomic mass is 10.1. The van der Waals surface area contributed by atoms with Crippen LogP contribution in [0.2, 0.25) is 0 Å². The highest BCUT2D eigenvalue weighted by Crippen LogP contribution is 2.44. The fraction of sp³-hybridized carbons (Fsp3) is 0.377. The molecule has 5 aromatic carbocycles. The molecule has 82 heavy (non-hydrogen) atoms. The van der Waals surface area contributed by atoms with Gasteiger partial charge in [0.05, 0.1) is 81.8 Å². The van der Waals surface area contributed by atoms with Crippen molar-refractivity contribution in [1.82, 2.24) is 10.4 Å². The molecule has 0 fully saturated rings. The number of aliphatic imine (C=N–C) groups is 1. The largest absolute Gasteiger partial charge is 0.493 e. The van der Waals surface area contributed by atoms with Gasteiger partial charge in [-0.2, -0.15) is 5.01 Å². The summed E-state index contributed by atoms with van der Waals surface area (Å²) in [6.45, 7) is 8.33. The molecule has 0 bridgehead atoms. The standard InChI is InChI=1S/C61H67N7O12S2/c1-61(2,82-81-24-10-15-56(69)64-68-57(70)16-17-58(68)71)38-65(18-19-77-22-23-78-21-20-74-3)43-26-39(36-79-54-32-48-46(30-52(54)75-4)59(72)66-44(34-62-48)28-41-11-6-8-13-50(41)66)25-40(27-43)37-80-55-33-49-47(31-53(55)76-5)60(73)67-45(35-63-49)29-42-12-7-9-14-51(42)67/h6-9,11-14,16-17,25-27,30-34,44-45,63H,10,15,18-24,28-29,35-38H2,1-5H3,(H,64,69)/t44-,45-/m0/s1. The smallest absolute Gasteiger partial charge is 0.272 e. The zero-order valence-electron chi connectivity index (χ0n) is 46.6. The van der Waals surface area contributed by atoms with Crippen molar-refractivity contribution < 1.29 is 57.1 Å². The summed E-state index contributed by atoms with van der Waals surface area (Å²) in [5.74, 6) is 0.480. The Morgan fingerprint density at radius 2 is 1.35 bits per heavy atom. The first-order valence-corrected chi connectivity index (χ1v) is 29.6. The molecule has 0 saturated carbocycles. The number of amides is 5. The number of hydrazine groups is 1. The minimum absolute atomic E-state index is 0.0450. The average molecular weight is 1150 g/mol. The van der Waals surface area contributed by atoms with Gasteiger partial charge >= 0.3 is 0 Å². The lowest BCUT2D eigenvalue weighted by molar-refractivity contribution is -0.146. The van der Waals surface area contributed by atoms with Crippen LogP contribution >= 0.6 is 21.6 Å². The van der Waals surface area contributed by atoms with Crippen LogP contribution in [0.3, 0.4) is 0 Å². The summed E-state index contributed by atoms with van der Waals surface area (Å²) in [5.41, 5.74) is 11.0. The maximum Gasteiger partial charge on any atom is 0.272 e. The highest BCUT2D eigenvalue weighted by Gasteiger charge is 2.39. The van der Waals surface area contributed by atoms with Gasteiger partial charge in [-0.1, -0.05) is 58.0 Å². The number of benzene rings is 5. The first-order valence-electron chi connectivity index (χ1n) is 27.3. The molecule has 5 aliphatic heterocycles. The molecule has 0 saturated heterocycles. The van der Waals surface area contributed by atoms with E-state index in [1.807, 2.05) is 65.7 Å². The van der Waals surface area contributed by atoms with Gasteiger partial charge in [0.1, 0.15) is 13.2 Å². The van der Waals surface area contributed by atoms with Crippen LogP contribution < -0.4 is 44.4 Å². The van der Waals surface area contributed by atoms with E-state index in [-0.39, 0.29) is 48.3 Å². The number of carbonyl (C=O) groups excluding carboxylic acids is 5. The zero-order valence-corrected chi connectivity index (χ0v) is 48.2. The fourth-order valence-electron chi connectivity index (χ4n) is 10.6. The third-order valence-electron chi connectivity index (χ3n) is 14.5. The Labute approximate surface area is 485 Å². The number of nitrogens with zero attached hydrogens (tertiary/aromatic N) is 5. The summed E-state index contributed by atoms with van der Waals surface area (Å²) in [7, 11) is 8.08. The quantitative estimate of drug-likeness (QED) is 0.0288. The van der Waals surface area contributed by atoms with Crippen molar-refractivity contribution in [3.63, 3.8) is 0 Å². The Morgan fingerprint density at radius 1 is 0.732 bits per heavy atom. The van der Waals surface area contributed by atoms with Gasteiger partial charge < -0.3 is 48.3 Å². The second-order valence-electron chi connectivity index (χ2n) is 20.8. The van der Waals surface area contributed by atoms with E-state index in [2.05, 4.69) is 47.7 Å². The second-order valence-corrected chi connectivity index (χ2v) is 24.0. The van der Waals surface area contributed by atoms with Crippen molar-refractivity contribution in [2.24, 2.45) is 4.99 Å². The topological polar surface area (TPSA) is 199 Å². The van der Waals surface area contributed by atoms with Crippen LogP contribution in [0.15, 0.2) is 108 Å². The zero-order chi connectivity index (χ0) is 57.3. The molecular weight excluding hydrogens is 1090 g/mol. The van der Waals surface area contributed by atoms with Crippen LogP contribution in [-0.2, 0) is 54.6 Å². The minimum atomic E-state index is -0.576. The Hall–Kier alpha value is -7.56. The third-order valence-corrected chi connectivity index (χ3v) is 17.9. The van der Waals surface area contributed by atoms with Crippen molar-refractivity contribution in [3.8, 4) is 23.0 Å². The Morgan fingerprint density at radius 3 is 2.05 bits per heavy atom. The molecule has 10 rings (SSSR count). The SMILES string of the molecule is COCCOCCOCCN(CC(C)(C)SSCCCC(=O)NN1C(=O)C=CC1=O)c1cc(COc2cc3c(cc2OC)C(=O)N2c4ccccc4C[C@H]2C=N3)cc(COc2cc3c(cc2OC)C(=O)N2c4ccccc4C[C@H]2CN3)c1. The van der Waals surface area contributed by atoms with E-state index in [0.717, 1.165) is 62.9 Å². The number of nitrogens with one attached hydrogen (secondary N) is 2. The summed E-state index contributed by atoms with van der Waals surface area (Å²) in [5, 5.41) is 4.26. The van der Waals surface area contributed by atoms with E-state index in [4.69, 9.17) is 38.2 Å². The van der Waals surface area contributed by atoms with Gasteiger partial charge in [0.2, 0.25) is 5.91 Å². The van der Waals surface area contributed by atoms with Gasteiger partial charge in [0.25, 0.3) is 23.6 Å². The molecule has 0 radical (unpaired) electrons. The average Bonchev–Trinajstić information content (AvgIpc) is 3.00. The van der Waals surface area contributed by atoms with E-state index in [1.54, 1.807) is 66.0 Å². The molecule has 2 N–H and O–H groups in total. The number of para-hydroxylation sites is 2. The molecule has 5 amide bonds. The van der Waals surface area contributed by atoms with E-state index in [0.29, 0.717) is 117 Å². The van der Waals surface area contributed by atoms with Gasteiger partial charge in [0, 0.05) is 97.6 Å². The first kappa shape index (κ1) is 57.7. The fourth-order valence-corrected chi connectivity index (χ4v) is 13.2. The summed E-state index contributed by atoms with van der Waals surface area (Å²) >= 11 is 0. The van der Waals surface area contributed by atoms with Crippen molar-refractivity contribution in [2.75, 3.05) is 99.8 Å². The van der Waals surface area contributed by atoms with E-state index < -0.39 is 17.7 Å². The van der Waals surface area contributed by atoms with Gasteiger partial charge in [-0.3, -0.25) is 39.3 Å². The highest BCUT2D eigenvalue weighted by molar-refractivity contribution is 8.77. The molecule has 21 heteroatoms. The van der Waals surface area contributed by atoms with Crippen molar-refractivity contribution in [2.45, 2.75) is 69.6 Å². The van der Waals surface area contributed by atoms with Crippen LogP contribution in [0.25, 0.3) is 0 Å². The number of imide groups is 1. The first-order chi connectivity index (χ1) is 39.8. The highest BCUT2D eigenvalue weighted by atomic mass is 33.1. The molecule has 0 spiro atoms. The predicted molar refractivity (Wildman–Crippen MR) is 317 cm³/mol. The summed E-state index contributed by atoms with van der Waals surface area (Å²) in [4.78, 5) is 75.9. The van der Waals surface area contributed by atoms with E-state index >= 15 is 0 Å². The Bertz CT molecular complexity index is 3260. The van der Waals surface area contributed by atoms with Crippen molar-refractivity contribution >= 4 is 85.8 Å². The van der Waals surface area contributed by atoms with Gasteiger partial charge in [-0.05, 0) is 91.4 Å². The van der Waals surface area contributed by atoms with Gasteiger partial charge in [-0.25, -0.2) is 0 Å². The van der Waals surface area contributed by atoms with Crippen LogP contribution in [0, 0.1) is 0 Å². The number of methoxy groups -OCH3 is 3. The molecule has 5 aliphatic rings. The lowest BCUT2D eigenvalue weighted by Crippen LogP contribution is -2.45. The monoisotopic (exact) mass is 1150 g/mol. The summed E-state index contributed by atoms with van der Waals surface area (Å²) in [6.07, 6.45) is 6.16. The lowest BCUT2D eigenvalue weighted by Gasteiger charge is -2.34. The van der Waals surface area contributed by atoms with Crippen molar-refractivity contribution in [3.05, 3.63) is 137 Å². The number of fused-ring (bicyclic) bond motifs is 8. The number of carbonyl (C=O) groups is 5. The Kier molecular flexibility index (Phi) is 18.4. The maximum absolute atomic E-state index is 14.3. The summed E-state index contributed by atoms with van der Waals surface area (Å²) < 4.78 is 41.8. The normalized spacial score (nSPS) is 16.6. The molecule has 0 unspecified atom stereocenters. The second kappa shape index (κ2) is 26.1. The van der Waals surface area contributed by atoms with Gasteiger partial charge in [-0.15, -0.1) is 0 Å². The molecule has 5 heterocycles. The van der Waals surface area contributed by atoms with Crippen LogP contribution in [0.5, 0.6) is 23.0 Å². The Balaban J connectivity index is 0.908. The van der Waals surface area contributed by atoms with Crippen LogP contribution in [0.1, 0.15) is 69.7 Å². The van der Waals surface area contributed by atoms with Gasteiger partial charge in [0.15, 0.2) is 23.0 Å².